The molecule has 0 amide bonds. The second-order valence-corrected chi connectivity index (χ2v) is 8.38. The van der Waals surface area contributed by atoms with Gasteiger partial charge in [-0.3, -0.25) is 0 Å². The van der Waals surface area contributed by atoms with E-state index >= 15 is 0 Å². The monoisotopic (exact) mass is 260 g/mol. The maximum absolute atomic E-state index is 2.42. The maximum Gasteiger partial charge on any atom is -0.0132 e. The lowest BCUT2D eigenvalue weighted by Crippen LogP contribution is -2.18. The maximum atomic E-state index is 2.42. The molecule has 1 unspecified atom stereocenters. The SMILES string of the molecule is CC(C)C(C)c1cc(C(C)(C)C)cc(C(C)(C)C)c1. The number of rotatable bonds is 2. The molecule has 1 rings (SSSR count). The van der Waals surface area contributed by atoms with Crippen LogP contribution in [0.2, 0.25) is 0 Å². The predicted molar refractivity (Wildman–Crippen MR) is 87.1 cm³/mol. The van der Waals surface area contributed by atoms with Crippen molar-refractivity contribution in [2.24, 2.45) is 5.92 Å². The Balaban J connectivity index is 3.41. The Morgan fingerprint density at radius 3 is 1.32 bits per heavy atom. The van der Waals surface area contributed by atoms with E-state index in [9.17, 15) is 0 Å². The van der Waals surface area contributed by atoms with Crippen LogP contribution in [0.15, 0.2) is 18.2 Å². The molecule has 0 saturated heterocycles. The van der Waals surface area contributed by atoms with Crippen molar-refractivity contribution >= 4 is 0 Å². The van der Waals surface area contributed by atoms with Gasteiger partial charge in [-0.1, -0.05) is 80.5 Å². The zero-order chi connectivity index (χ0) is 15.0. The normalized spacial score (nSPS) is 14.8. The molecule has 1 atom stereocenters. The van der Waals surface area contributed by atoms with Gasteiger partial charge in [0.05, 0.1) is 0 Å². The minimum absolute atomic E-state index is 0.215. The largest absolute Gasteiger partial charge is 0.0622 e. The van der Waals surface area contributed by atoms with Gasteiger partial charge in [-0.2, -0.15) is 0 Å². The van der Waals surface area contributed by atoms with Crippen molar-refractivity contribution in [1.82, 2.24) is 0 Å². The molecule has 108 valence electrons. The highest BCUT2D eigenvalue weighted by Crippen LogP contribution is 2.34. The van der Waals surface area contributed by atoms with Crippen molar-refractivity contribution in [3.63, 3.8) is 0 Å². The summed E-state index contributed by atoms with van der Waals surface area (Å²) in [6.07, 6.45) is 0. The molecule has 0 aliphatic carbocycles. The molecule has 1 aromatic rings. The predicted octanol–water partition coefficient (Wildman–Crippen LogP) is 6.04. The molecule has 19 heavy (non-hydrogen) atoms. The minimum atomic E-state index is 0.215. The number of hydrogen-bond donors (Lipinski definition) is 0. The fourth-order valence-corrected chi connectivity index (χ4v) is 2.17. The van der Waals surface area contributed by atoms with Gasteiger partial charge in [0.15, 0.2) is 0 Å². The van der Waals surface area contributed by atoms with Crippen LogP contribution >= 0.6 is 0 Å². The van der Waals surface area contributed by atoms with Gasteiger partial charge in [0.2, 0.25) is 0 Å². The van der Waals surface area contributed by atoms with Crippen molar-refractivity contribution in [1.29, 1.82) is 0 Å². The quantitative estimate of drug-likeness (QED) is 0.608. The van der Waals surface area contributed by atoms with E-state index in [1.807, 2.05) is 0 Å². The van der Waals surface area contributed by atoms with Crippen molar-refractivity contribution in [3.05, 3.63) is 34.9 Å². The van der Waals surface area contributed by atoms with Crippen LogP contribution in [0.1, 0.15) is 84.9 Å². The zero-order valence-corrected chi connectivity index (χ0v) is 14.4. The summed E-state index contributed by atoms with van der Waals surface area (Å²) < 4.78 is 0. The first-order valence-corrected chi connectivity index (χ1v) is 7.59. The van der Waals surface area contributed by atoms with E-state index in [4.69, 9.17) is 0 Å². The molecule has 0 aliphatic heterocycles. The third-order valence-corrected chi connectivity index (χ3v) is 4.21. The van der Waals surface area contributed by atoms with Gasteiger partial charge in [0.1, 0.15) is 0 Å². The van der Waals surface area contributed by atoms with Gasteiger partial charge in [0.25, 0.3) is 0 Å². The van der Waals surface area contributed by atoms with E-state index < -0.39 is 0 Å². The Kier molecular flexibility index (Phi) is 4.55. The van der Waals surface area contributed by atoms with Crippen molar-refractivity contribution in [2.45, 2.75) is 79.1 Å². The van der Waals surface area contributed by atoms with E-state index in [1.54, 1.807) is 0 Å². The fraction of sp³-hybridized carbons (Fsp3) is 0.684. The average Bonchev–Trinajstić information content (AvgIpc) is 2.24. The van der Waals surface area contributed by atoms with E-state index in [0.29, 0.717) is 11.8 Å². The Morgan fingerprint density at radius 1 is 0.684 bits per heavy atom. The molecule has 0 saturated carbocycles. The molecule has 0 radical (unpaired) electrons. The smallest absolute Gasteiger partial charge is 0.0132 e. The summed E-state index contributed by atoms with van der Waals surface area (Å²) in [4.78, 5) is 0. The summed E-state index contributed by atoms with van der Waals surface area (Å²) in [7, 11) is 0. The van der Waals surface area contributed by atoms with Crippen molar-refractivity contribution in [3.8, 4) is 0 Å². The average molecular weight is 260 g/mol. The summed E-state index contributed by atoms with van der Waals surface area (Å²) in [6.45, 7) is 20.8. The summed E-state index contributed by atoms with van der Waals surface area (Å²) in [5.41, 5.74) is 4.84. The highest BCUT2D eigenvalue weighted by molar-refractivity contribution is 5.38. The Labute approximate surface area is 120 Å². The Bertz CT molecular complexity index is 392. The first-order valence-electron chi connectivity index (χ1n) is 7.59. The second kappa shape index (κ2) is 5.31. The van der Waals surface area contributed by atoms with Crippen LogP contribution in [0.3, 0.4) is 0 Å². The van der Waals surface area contributed by atoms with Crippen LogP contribution in [-0.2, 0) is 10.8 Å². The summed E-state index contributed by atoms with van der Waals surface area (Å²) >= 11 is 0. The standard InChI is InChI=1S/C19H32/c1-13(2)14(3)15-10-16(18(4,5)6)12-17(11-15)19(7,8)9/h10-14H,1-9H3. The van der Waals surface area contributed by atoms with E-state index in [-0.39, 0.29) is 10.8 Å². The highest BCUT2D eigenvalue weighted by atomic mass is 14.3. The summed E-state index contributed by atoms with van der Waals surface area (Å²) in [5.74, 6) is 1.30. The first kappa shape index (κ1) is 16.3. The molecule has 0 heterocycles. The molecular formula is C19H32. The lowest BCUT2D eigenvalue weighted by atomic mass is 9.77. The van der Waals surface area contributed by atoms with Gasteiger partial charge < -0.3 is 0 Å². The van der Waals surface area contributed by atoms with Gasteiger partial charge in [-0.15, -0.1) is 0 Å². The Morgan fingerprint density at radius 2 is 1.05 bits per heavy atom. The Hall–Kier alpha value is -0.780. The lowest BCUT2D eigenvalue weighted by molar-refractivity contribution is 0.524. The van der Waals surface area contributed by atoms with Crippen molar-refractivity contribution in [2.75, 3.05) is 0 Å². The molecule has 0 aliphatic rings. The van der Waals surface area contributed by atoms with Crippen LogP contribution in [0, 0.1) is 5.92 Å². The minimum Gasteiger partial charge on any atom is -0.0622 e. The van der Waals surface area contributed by atoms with Gasteiger partial charge >= 0.3 is 0 Å². The zero-order valence-electron chi connectivity index (χ0n) is 14.4. The van der Waals surface area contributed by atoms with E-state index in [1.165, 1.54) is 16.7 Å². The first-order chi connectivity index (χ1) is 8.43. The topological polar surface area (TPSA) is 0 Å². The van der Waals surface area contributed by atoms with Crippen LogP contribution in [-0.4, -0.2) is 0 Å². The molecule has 0 nitrogen and oxygen atoms in total. The molecule has 1 aromatic carbocycles. The van der Waals surface area contributed by atoms with Gasteiger partial charge in [0, 0.05) is 0 Å². The third kappa shape index (κ3) is 4.09. The summed E-state index contributed by atoms with van der Waals surface area (Å²) in [6, 6.07) is 7.23. The second-order valence-electron chi connectivity index (χ2n) is 8.38. The van der Waals surface area contributed by atoms with Crippen LogP contribution in [0.25, 0.3) is 0 Å². The van der Waals surface area contributed by atoms with Gasteiger partial charge in [-0.05, 0) is 39.4 Å². The van der Waals surface area contributed by atoms with Crippen LogP contribution < -0.4 is 0 Å². The van der Waals surface area contributed by atoms with E-state index in [2.05, 4.69) is 80.5 Å². The van der Waals surface area contributed by atoms with Crippen LogP contribution in [0.5, 0.6) is 0 Å². The van der Waals surface area contributed by atoms with E-state index in [0.717, 1.165) is 0 Å². The number of benzene rings is 1. The molecule has 0 N–H and O–H groups in total. The molecular weight excluding hydrogens is 228 g/mol. The molecule has 0 spiro atoms. The fourth-order valence-electron chi connectivity index (χ4n) is 2.17. The third-order valence-electron chi connectivity index (χ3n) is 4.21. The van der Waals surface area contributed by atoms with Crippen molar-refractivity contribution < 1.29 is 0 Å². The lowest BCUT2D eigenvalue weighted by Gasteiger charge is -2.28. The van der Waals surface area contributed by atoms with Crippen LogP contribution in [0.4, 0.5) is 0 Å². The number of hydrogen-bond acceptors (Lipinski definition) is 0. The molecule has 0 bridgehead atoms. The summed E-state index contributed by atoms with van der Waals surface area (Å²) in [5, 5.41) is 0. The molecule has 0 fully saturated rings. The highest BCUT2D eigenvalue weighted by Gasteiger charge is 2.22. The van der Waals surface area contributed by atoms with Gasteiger partial charge in [-0.25, -0.2) is 0 Å². The molecule has 0 aromatic heterocycles. The molecule has 0 heteroatoms.